The highest BCUT2D eigenvalue weighted by Gasteiger charge is 2.29. The third-order valence-corrected chi connectivity index (χ3v) is 4.59. The van der Waals surface area contributed by atoms with Crippen molar-refractivity contribution in [2.75, 3.05) is 26.2 Å². The van der Waals surface area contributed by atoms with Crippen LogP contribution in [0.3, 0.4) is 0 Å². The fourth-order valence-electron chi connectivity index (χ4n) is 2.75. The molecule has 0 aliphatic carbocycles. The Hall–Kier alpha value is -2.48. The molecule has 1 aliphatic heterocycles. The van der Waals surface area contributed by atoms with Crippen LogP contribution in [-0.4, -0.2) is 59.0 Å². The van der Waals surface area contributed by atoms with Crippen molar-refractivity contribution in [3.8, 4) is 11.5 Å². The van der Waals surface area contributed by atoms with Gasteiger partial charge in [-0.05, 0) is 59.3 Å². The molecule has 1 aromatic carbocycles. The number of piperazine rings is 1. The number of nitrogens with zero attached hydrogens (tertiary/aromatic N) is 2. The largest absolute Gasteiger partial charge is 0.508 e. The van der Waals surface area contributed by atoms with E-state index in [0.29, 0.717) is 36.6 Å². The number of hydrogen-bond acceptors (Lipinski definition) is 5. The molecule has 0 radical (unpaired) electrons. The van der Waals surface area contributed by atoms with Gasteiger partial charge in [-0.1, -0.05) is 0 Å². The fraction of sp³-hybridized carbons (Fsp3) is 0.333. The monoisotopic (exact) mass is 422 g/mol. The first-order valence-corrected chi connectivity index (χ1v) is 9.02. The molecule has 1 unspecified atom stereocenters. The van der Waals surface area contributed by atoms with Crippen molar-refractivity contribution in [3.05, 3.63) is 46.8 Å². The number of phenolic OH excluding ortho intramolecular Hbond substituents is 1. The number of amides is 2. The van der Waals surface area contributed by atoms with Crippen LogP contribution in [0.1, 0.15) is 17.5 Å². The highest BCUT2D eigenvalue weighted by Crippen LogP contribution is 2.19. The van der Waals surface area contributed by atoms with E-state index in [0.717, 1.165) is 0 Å². The Morgan fingerprint density at radius 3 is 2.27 bits per heavy atom. The normalized spacial score (nSPS) is 15.6. The van der Waals surface area contributed by atoms with Gasteiger partial charge in [0, 0.05) is 26.2 Å². The number of halogens is 1. The smallest absolute Gasteiger partial charge is 0.289 e. The van der Waals surface area contributed by atoms with E-state index in [-0.39, 0.29) is 23.3 Å². The van der Waals surface area contributed by atoms with Crippen molar-refractivity contribution in [3.63, 3.8) is 0 Å². The maximum absolute atomic E-state index is 12.5. The highest BCUT2D eigenvalue weighted by atomic mass is 79.9. The third-order valence-electron chi connectivity index (χ3n) is 4.16. The molecule has 1 fully saturated rings. The minimum absolute atomic E-state index is 0.133. The summed E-state index contributed by atoms with van der Waals surface area (Å²) in [4.78, 5) is 28.3. The number of carbonyl (C=O) groups is 2. The number of benzene rings is 1. The van der Waals surface area contributed by atoms with Gasteiger partial charge in [0.2, 0.25) is 0 Å². The molecule has 0 spiro atoms. The third kappa shape index (κ3) is 4.19. The minimum atomic E-state index is -0.650. The molecule has 0 bridgehead atoms. The van der Waals surface area contributed by atoms with Crippen molar-refractivity contribution < 1.29 is 23.8 Å². The van der Waals surface area contributed by atoms with Gasteiger partial charge in [-0.3, -0.25) is 9.59 Å². The Morgan fingerprint density at radius 2 is 1.69 bits per heavy atom. The molecule has 7 nitrogen and oxygen atoms in total. The summed E-state index contributed by atoms with van der Waals surface area (Å²) in [6.07, 6.45) is -0.650. The molecule has 0 saturated carbocycles. The highest BCUT2D eigenvalue weighted by molar-refractivity contribution is 9.10. The van der Waals surface area contributed by atoms with Crippen LogP contribution in [0.5, 0.6) is 11.5 Å². The maximum Gasteiger partial charge on any atom is 0.289 e. The molecule has 2 aromatic rings. The second-order valence-electron chi connectivity index (χ2n) is 5.98. The Morgan fingerprint density at radius 1 is 1.08 bits per heavy atom. The van der Waals surface area contributed by atoms with Crippen LogP contribution in [0.4, 0.5) is 0 Å². The SMILES string of the molecule is CC(Oc1ccc(O)cc1)C(=O)N1CCN(C(=O)c2ccc(Br)o2)CC1. The fourth-order valence-corrected chi connectivity index (χ4v) is 3.06. The maximum atomic E-state index is 12.5. The van der Waals surface area contributed by atoms with Crippen molar-refractivity contribution in [1.82, 2.24) is 9.80 Å². The van der Waals surface area contributed by atoms with Gasteiger partial charge in [-0.2, -0.15) is 0 Å². The van der Waals surface area contributed by atoms with E-state index < -0.39 is 6.10 Å². The molecule has 1 saturated heterocycles. The van der Waals surface area contributed by atoms with Gasteiger partial charge < -0.3 is 24.1 Å². The Bertz CT molecular complexity index is 781. The number of phenols is 1. The van der Waals surface area contributed by atoms with Crippen LogP contribution in [0.2, 0.25) is 0 Å². The average molecular weight is 423 g/mol. The van der Waals surface area contributed by atoms with Gasteiger partial charge in [-0.15, -0.1) is 0 Å². The van der Waals surface area contributed by atoms with E-state index >= 15 is 0 Å². The van der Waals surface area contributed by atoms with Gasteiger partial charge in [0.1, 0.15) is 11.5 Å². The van der Waals surface area contributed by atoms with E-state index in [1.807, 2.05) is 0 Å². The zero-order chi connectivity index (χ0) is 18.7. The quantitative estimate of drug-likeness (QED) is 0.817. The summed E-state index contributed by atoms with van der Waals surface area (Å²) in [5, 5.41) is 9.28. The molecule has 1 N–H and O–H groups in total. The Balaban J connectivity index is 1.52. The lowest BCUT2D eigenvalue weighted by atomic mass is 10.2. The molecule has 1 aromatic heterocycles. The Kier molecular flexibility index (Phi) is 5.51. The van der Waals surface area contributed by atoms with E-state index in [1.165, 1.54) is 12.1 Å². The van der Waals surface area contributed by atoms with E-state index in [1.54, 1.807) is 41.0 Å². The van der Waals surface area contributed by atoms with E-state index in [2.05, 4.69) is 15.9 Å². The zero-order valence-corrected chi connectivity index (χ0v) is 15.8. The first-order valence-electron chi connectivity index (χ1n) is 8.23. The summed E-state index contributed by atoms with van der Waals surface area (Å²) in [5.41, 5.74) is 0. The molecule has 2 amide bonds. The summed E-state index contributed by atoms with van der Waals surface area (Å²) >= 11 is 3.18. The lowest BCUT2D eigenvalue weighted by Crippen LogP contribution is -2.53. The van der Waals surface area contributed by atoms with Gasteiger partial charge >= 0.3 is 0 Å². The van der Waals surface area contributed by atoms with Crippen LogP contribution >= 0.6 is 15.9 Å². The van der Waals surface area contributed by atoms with Crippen LogP contribution < -0.4 is 4.74 Å². The number of furan rings is 1. The number of carbonyl (C=O) groups excluding carboxylic acids is 2. The first kappa shape index (κ1) is 18.3. The molecule has 138 valence electrons. The van der Waals surface area contributed by atoms with Crippen molar-refractivity contribution in [2.24, 2.45) is 0 Å². The standard InChI is InChI=1S/C18H19BrN2O5/c1-12(25-14-4-2-13(22)3-5-14)17(23)20-8-10-21(11-9-20)18(24)15-6-7-16(19)26-15/h2-7,12,22H,8-11H2,1H3. The molecule has 1 atom stereocenters. The Labute approximate surface area is 159 Å². The number of rotatable bonds is 4. The molecular weight excluding hydrogens is 404 g/mol. The number of aromatic hydroxyl groups is 1. The van der Waals surface area contributed by atoms with Gasteiger partial charge in [0.25, 0.3) is 11.8 Å². The van der Waals surface area contributed by atoms with Gasteiger partial charge in [0.05, 0.1) is 0 Å². The summed E-state index contributed by atoms with van der Waals surface area (Å²) in [7, 11) is 0. The summed E-state index contributed by atoms with van der Waals surface area (Å²) in [5.74, 6) is 0.615. The van der Waals surface area contributed by atoms with E-state index in [4.69, 9.17) is 9.15 Å². The second kappa shape index (κ2) is 7.82. The topological polar surface area (TPSA) is 83.2 Å². The van der Waals surface area contributed by atoms with Gasteiger partial charge in [-0.25, -0.2) is 0 Å². The lowest BCUT2D eigenvalue weighted by molar-refractivity contribution is -0.139. The van der Waals surface area contributed by atoms with Gasteiger partial charge in [0.15, 0.2) is 16.5 Å². The van der Waals surface area contributed by atoms with Crippen LogP contribution in [-0.2, 0) is 4.79 Å². The van der Waals surface area contributed by atoms with Crippen LogP contribution in [0.25, 0.3) is 0 Å². The zero-order valence-electron chi connectivity index (χ0n) is 14.2. The summed E-state index contributed by atoms with van der Waals surface area (Å²) in [6, 6.07) is 9.52. The van der Waals surface area contributed by atoms with E-state index in [9.17, 15) is 14.7 Å². The molecule has 3 rings (SSSR count). The number of hydrogen-bond donors (Lipinski definition) is 1. The van der Waals surface area contributed by atoms with Crippen molar-refractivity contribution in [2.45, 2.75) is 13.0 Å². The predicted molar refractivity (Wildman–Crippen MR) is 97.1 cm³/mol. The molecule has 26 heavy (non-hydrogen) atoms. The van der Waals surface area contributed by atoms with Crippen LogP contribution in [0.15, 0.2) is 45.5 Å². The lowest BCUT2D eigenvalue weighted by Gasteiger charge is -2.35. The van der Waals surface area contributed by atoms with Crippen LogP contribution in [0, 0.1) is 0 Å². The summed E-state index contributed by atoms with van der Waals surface area (Å²) < 4.78 is 11.4. The van der Waals surface area contributed by atoms with Crippen molar-refractivity contribution >= 4 is 27.7 Å². The minimum Gasteiger partial charge on any atom is -0.508 e. The molecule has 8 heteroatoms. The molecule has 2 heterocycles. The predicted octanol–water partition coefficient (Wildman–Crippen LogP) is 2.50. The first-order chi connectivity index (χ1) is 12.4. The number of ether oxygens (including phenoxy) is 1. The second-order valence-corrected chi connectivity index (χ2v) is 6.76. The summed E-state index contributed by atoms with van der Waals surface area (Å²) in [6.45, 7) is 3.45. The molecule has 1 aliphatic rings. The van der Waals surface area contributed by atoms with Crippen molar-refractivity contribution in [1.29, 1.82) is 0 Å². The molecular formula is C18H19BrN2O5. The average Bonchev–Trinajstić information content (AvgIpc) is 3.09.